The van der Waals surface area contributed by atoms with Gasteiger partial charge in [-0.1, -0.05) is 24.3 Å². The molecule has 0 aliphatic carbocycles. The van der Waals surface area contributed by atoms with Crippen molar-refractivity contribution in [2.45, 2.75) is 31.1 Å². The van der Waals surface area contributed by atoms with E-state index in [1.807, 2.05) is 0 Å². The Morgan fingerprint density at radius 3 is 2.29 bits per heavy atom. The van der Waals surface area contributed by atoms with Crippen molar-refractivity contribution in [2.24, 2.45) is 0 Å². The maximum Gasteiger partial charge on any atom is 0.00207 e. The molecule has 2 heterocycles. The van der Waals surface area contributed by atoms with Crippen molar-refractivity contribution < 1.29 is 0 Å². The van der Waals surface area contributed by atoms with Crippen molar-refractivity contribution in [3.8, 4) is 0 Å². The third-order valence-corrected chi connectivity index (χ3v) is 5.21. The van der Waals surface area contributed by atoms with E-state index in [0.717, 1.165) is 11.8 Å². The summed E-state index contributed by atoms with van der Waals surface area (Å²) in [6.45, 7) is 2.37. The molecular formula is C15H21NS. The van der Waals surface area contributed by atoms with Crippen LogP contribution < -0.4 is 5.32 Å². The molecule has 92 valence electrons. The van der Waals surface area contributed by atoms with Crippen molar-refractivity contribution in [1.82, 2.24) is 5.32 Å². The van der Waals surface area contributed by atoms with Crippen molar-refractivity contribution >= 4 is 11.8 Å². The van der Waals surface area contributed by atoms with Crippen molar-refractivity contribution in [3.05, 3.63) is 35.4 Å². The lowest BCUT2D eigenvalue weighted by atomic mass is 9.84. The second kappa shape index (κ2) is 5.45. The maximum absolute atomic E-state index is 3.50. The van der Waals surface area contributed by atoms with E-state index in [1.165, 1.54) is 43.9 Å². The van der Waals surface area contributed by atoms with Crippen LogP contribution in [0.3, 0.4) is 0 Å². The molecule has 0 saturated carbocycles. The average molecular weight is 247 g/mol. The molecule has 1 unspecified atom stereocenters. The highest BCUT2D eigenvalue weighted by atomic mass is 32.2. The highest BCUT2D eigenvalue weighted by Gasteiger charge is 2.24. The summed E-state index contributed by atoms with van der Waals surface area (Å²) in [5.41, 5.74) is 3.29. The zero-order valence-electron chi connectivity index (χ0n) is 10.3. The molecule has 1 aromatic rings. The Morgan fingerprint density at radius 1 is 0.941 bits per heavy atom. The summed E-state index contributed by atoms with van der Waals surface area (Å²) in [4.78, 5) is 0. The highest BCUT2D eigenvalue weighted by molar-refractivity contribution is 7.99. The van der Waals surface area contributed by atoms with Gasteiger partial charge in [0.05, 0.1) is 0 Å². The molecule has 1 atom stereocenters. The molecular weight excluding hydrogens is 226 g/mol. The third kappa shape index (κ3) is 2.53. The Hall–Kier alpha value is -0.470. The minimum Gasteiger partial charge on any atom is -0.316 e. The first-order valence-corrected chi connectivity index (χ1v) is 7.98. The maximum atomic E-state index is 3.50. The van der Waals surface area contributed by atoms with E-state index in [1.54, 1.807) is 11.1 Å². The largest absolute Gasteiger partial charge is 0.316 e. The first-order valence-electron chi connectivity index (χ1n) is 6.82. The molecule has 0 amide bonds. The summed E-state index contributed by atoms with van der Waals surface area (Å²) in [6, 6.07) is 9.20. The molecule has 1 nitrogen and oxygen atoms in total. The standard InChI is InChI=1S/C15H21NS/c1-2-4-15(13-5-8-16-11-13)14(3-1)12-6-9-17-10-7-12/h1-4,12-13,16H,5-11H2. The van der Waals surface area contributed by atoms with Crippen molar-refractivity contribution in [3.63, 3.8) is 0 Å². The normalized spacial score (nSPS) is 26.2. The molecule has 2 aliphatic rings. The summed E-state index contributed by atoms with van der Waals surface area (Å²) in [6.07, 6.45) is 4.07. The van der Waals surface area contributed by atoms with Crippen LogP contribution in [0.15, 0.2) is 24.3 Å². The molecule has 0 spiro atoms. The average Bonchev–Trinajstić information content (AvgIpc) is 2.94. The predicted molar refractivity (Wildman–Crippen MR) is 76.0 cm³/mol. The van der Waals surface area contributed by atoms with Gasteiger partial charge in [-0.15, -0.1) is 0 Å². The van der Waals surface area contributed by atoms with Crippen LogP contribution in [-0.2, 0) is 0 Å². The van der Waals surface area contributed by atoms with Crippen LogP contribution in [0.25, 0.3) is 0 Å². The molecule has 1 N–H and O–H groups in total. The van der Waals surface area contributed by atoms with Gasteiger partial charge in [-0.3, -0.25) is 0 Å². The third-order valence-electron chi connectivity index (χ3n) is 4.16. The Kier molecular flexibility index (Phi) is 3.72. The van der Waals surface area contributed by atoms with Gasteiger partial charge in [-0.05, 0) is 60.3 Å². The number of benzene rings is 1. The minimum atomic E-state index is 0.765. The van der Waals surface area contributed by atoms with Gasteiger partial charge in [0.2, 0.25) is 0 Å². The van der Waals surface area contributed by atoms with Crippen LogP contribution in [0.2, 0.25) is 0 Å². The van der Waals surface area contributed by atoms with Gasteiger partial charge in [0.25, 0.3) is 0 Å². The van der Waals surface area contributed by atoms with Crippen LogP contribution in [0.5, 0.6) is 0 Å². The fourth-order valence-electron chi connectivity index (χ4n) is 3.18. The van der Waals surface area contributed by atoms with Gasteiger partial charge in [0.1, 0.15) is 0 Å². The van der Waals surface area contributed by atoms with Gasteiger partial charge >= 0.3 is 0 Å². The second-order valence-electron chi connectivity index (χ2n) is 5.21. The monoisotopic (exact) mass is 247 g/mol. The van der Waals surface area contributed by atoms with E-state index in [2.05, 4.69) is 41.3 Å². The van der Waals surface area contributed by atoms with Gasteiger partial charge in [-0.25, -0.2) is 0 Å². The summed E-state index contributed by atoms with van der Waals surface area (Å²) in [7, 11) is 0. The lowest BCUT2D eigenvalue weighted by Gasteiger charge is -2.26. The molecule has 17 heavy (non-hydrogen) atoms. The number of thioether (sulfide) groups is 1. The van der Waals surface area contributed by atoms with Crippen LogP contribution in [-0.4, -0.2) is 24.6 Å². The summed E-state index contributed by atoms with van der Waals surface area (Å²) < 4.78 is 0. The number of hydrogen-bond donors (Lipinski definition) is 1. The lowest BCUT2D eigenvalue weighted by molar-refractivity contribution is 0.618. The Morgan fingerprint density at radius 2 is 1.65 bits per heavy atom. The molecule has 0 radical (unpaired) electrons. The fourth-order valence-corrected chi connectivity index (χ4v) is 4.29. The predicted octanol–water partition coefficient (Wildman–Crippen LogP) is 3.37. The lowest BCUT2D eigenvalue weighted by Crippen LogP contribution is -2.13. The van der Waals surface area contributed by atoms with E-state index < -0.39 is 0 Å². The topological polar surface area (TPSA) is 12.0 Å². The van der Waals surface area contributed by atoms with Gasteiger partial charge in [0.15, 0.2) is 0 Å². The first kappa shape index (κ1) is 11.6. The summed E-state index contributed by atoms with van der Waals surface area (Å²) >= 11 is 2.12. The van der Waals surface area contributed by atoms with Crippen LogP contribution in [0, 0.1) is 0 Å². The van der Waals surface area contributed by atoms with Crippen molar-refractivity contribution in [2.75, 3.05) is 24.6 Å². The van der Waals surface area contributed by atoms with Gasteiger partial charge in [-0.2, -0.15) is 11.8 Å². The minimum absolute atomic E-state index is 0.765. The van der Waals surface area contributed by atoms with Crippen molar-refractivity contribution in [1.29, 1.82) is 0 Å². The van der Waals surface area contributed by atoms with E-state index in [9.17, 15) is 0 Å². The molecule has 0 aromatic heterocycles. The molecule has 0 bridgehead atoms. The molecule has 3 rings (SSSR count). The highest BCUT2D eigenvalue weighted by Crippen LogP contribution is 2.37. The number of nitrogens with one attached hydrogen (secondary N) is 1. The SMILES string of the molecule is c1ccc(C2CCNC2)c(C2CCSCC2)c1. The van der Waals surface area contributed by atoms with Gasteiger partial charge in [0, 0.05) is 6.54 Å². The molecule has 2 aliphatic heterocycles. The summed E-state index contributed by atoms with van der Waals surface area (Å²) in [5.74, 6) is 4.29. The Balaban J connectivity index is 1.86. The molecule has 2 saturated heterocycles. The van der Waals surface area contributed by atoms with E-state index in [0.29, 0.717) is 0 Å². The van der Waals surface area contributed by atoms with E-state index in [-0.39, 0.29) is 0 Å². The molecule has 1 aromatic carbocycles. The second-order valence-corrected chi connectivity index (χ2v) is 6.43. The fraction of sp³-hybridized carbons (Fsp3) is 0.600. The Bertz CT molecular complexity index is 365. The smallest absolute Gasteiger partial charge is 0.00207 e. The van der Waals surface area contributed by atoms with E-state index >= 15 is 0 Å². The van der Waals surface area contributed by atoms with Crippen LogP contribution in [0.1, 0.15) is 42.2 Å². The van der Waals surface area contributed by atoms with Crippen LogP contribution in [0.4, 0.5) is 0 Å². The van der Waals surface area contributed by atoms with Gasteiger partial charge < -0.3 is 5.32 Å². The zero-order chi connectivity index (χ0) is 11.5. The quantitative estimate of drug-likeness (QED) is 0.860. The number of rotatable bonds is 2. The molecule has 2 heteroatoms. The summed E-state index contributed by atoms with van der Waals surface area (Å²) in [5, 5.41) is 3.50. The van der Waals surface area contributed by atoms with Crippen LogP contribution >= 0.6 is 11.8 Å². The number of hydrogen-bond acceptors (Lipinski definition) is 2. The van der Waals surface area contributed by atoms with E-state index in [4.69, 9.17) is 0 Å². The molecule has 2 fully saturated rings. The Labute approximate surface area is 108 Å². The first-order chi connectivity index (χ1) is 8.45. The zero-order valence-corrected chi connectivity index (χ0v) is 11.1.